The second kappa shape index (κ2) is 4.07. The Morgan fingerprint density at radius 2 is 1.94 bits per heavy atom. The summed E-state index contributed by atoms with van der Waals surface area (Å²) in [4.78, 5) is 25.9. The molecule has 1 heterocycles. The van der Waals surface area contributed by atoms with Gasteiger partial charge in [-0.05, 0) is 19.3 Å². The molecule has 2 rings (SSSR count). The van der Waals surface area contributed by atoms with Gasteiger partial charge < -0.3 is 10.2 Å². The predicted octanol–water partition coefficient (Wildman–Crippen LogP) is 1.06. The SMILES string of the molecule is CCC1C(=O)NC2(CCCCC2)C(=O)N1C. The largest absolute Gasteiger partial charge is 0.340 e. The summed E-state index contributed by atoms with van der Waals surface area (Å²) in [7, 11) is 1.76. The van der Waals surface area contributed by atoms with Crippen LogP contribution >= 0.6 is 0 Å². The normalized spacial score (nSPS) is 29.4. The number of carbonyl (C=O) groups is 2. The molecular formula is C12H20N2O2. The van der Waals surface area contributed by atoms with Gasteiger partial charge >= 0.3 is 0 Å². The molecule has 1 N–H and O–H groups in total. The number of nitrogens with one attached hydrogen (secondary N) is 1. The van der Waals surface area contributed by atoms with Crippen molar-refractivity contribution in [2.45, 2.75) is 57.0 Å². The van der Waals surface area contributed by atoms with Gasteiger partial charge in [-0.15, -0.1) is 0 Å². The summed E-state index contributed by atoms with van der Waals surface area (Å²) in [5.74, 6) is 0.130. The first-order valence-corrected chi connectivity index (χ1v) is 6.20. The Labute approximate surface area is 96.4 Å². The van der Waals surface area contributed by atoms with Gasteiger partial charge in [0, 0.05) is 7.05 Å². The molecule has 2 fully saturated rings. The fraction of sp³-hybridized carbons (Fsp3) is 0.833. The van der Waals surface area contributed by atoms with Crippen molar-refractivity contribution in [3.63, 3.8) is 0 Å². The Morgan fingerprint density at radius 1 is 1.31 bits per heavy atom. The van der Waals surface area contributed by atoms with Gasteiger partial charge in [0.05, 0.1) is 0 Å². The van der Waals surface area contributed by atoms with E-state index >= 15 is 0 Å². The van der Waals surface area contributed by atoms with Crippen molar-refractivity contribution in [3.05, 3.63) is 0 Å². The molecule has 0 aromatic rings. The van der Waals surface area contributed by atoms with Gasteiger partial charge in [-0.1, -0.05) is 26.2 Å². The molecule has 2 aliphatic rings. The molecule has 1 spiro atoms. The van der Waals surface area contributed by atoms with Gasteiger partial charge in [0.25, 0.3) is 0 Å². The first kappa shape index (κ1) is 11.4. The quantitative estimate of drug-likeness (QED) is 0.724. The van der Waals surface area contributed by atoms with E-state index in [1.165, 1.54) is 6.42 Å². The predicted molar refractivity (Wildman–Crippen MR) is 60.8 cm³/mol. The Bertz CT molecular complexity index is 308. The lowest BCUT2D eigenvalue weighted by molar-refractivity contribution is -0.155. The number of carbonyl (C=O) groups excluding carboxylic acids is 2. The lowest BCUT2D eigenvalue weighted by Gasteiger charge is -2.46. The van der Waals surface area contributed by atoms with Crippen molar-refractivity contribution in [1.29, 1.82) is 0 Å². The molecule has 1 unspecified atom stereocenters. The van der Waals surface area contributed by atoms with Gasteiger partial charge in [0.15, 0.2) is 0 Å². The molecule has 0 radical (unpaired) electrons. The van der Waals surface area contributed by atoms with Crippen LogP contribution < -0.4 is 5.32 Å². The van der Waals surface area contributed by atoms with Crippen molar-refractivity contribution >= 4 is 11.8 Å². The van der Waals surface area contributed by atoms with Gasteiger partial charge in [0.1, 0.15) is 11.6 Å². The zero-order chi connectivity index (χ0) is 11.8. The number of hydrogen-bond acceptors (Lipinski definition) is 2. The van der Waals surface area contributed by atoms with Crippen molar-refractivity contribution in [2.24, 2.45) is 0 Å². The van der Waals surface area contributed by atoms with Crippen LogP contribution in [0.15, 0.2) is 0 Å². The highest BCUT2D eigenvalue weighted by Crippen LogP contribution is 2.33. The van der Waals surface area contributed by atoms with Crippen molar-refractivity contribution < 1.29 is 9.59 Å². The molecule has 4 heteroatoms. The summed E-state index contributed by atoms with van der Waals surface area (Å²) in [6.45, 7) is 1.94. The van der Waals surface area contributed by atoms with E-state index in [-0.39, 0.29) is 17.9 Å². The van der Waals surface area contributed by atoms with Crippen LogP contribution in [0.2, 0.25) is 0 Å². The smallest absolute Gasteiger partial charge is 0.248 e. The highest BCUT2D eigenvalue weighted by molar-refractivity contribution is 5.99. The first-order chi connectivity index (χ1) is 7.60. The molecule has 0 aromatic heterocycles. The molecule has 1 aliphatic carbocycles. The number of nitrogens with zero attached hydrogens (tertiary/aromatic N) is 1. The minimum Gasteiger partial charge on any atom is -0.340 e. The summed E-state index contributed by atoms with van der Waals surface area (Å²) in [6, 6.07) is -0.278. The minimum atomic E-state index is -0.574. The third kappa shape index (κ3) is 1.60. The summed E-state index contributed by atoms with van der Waals surface area (Å²) >= 11 is 0. The maximum absolute atomic E-state index is 12.3. The molecular weight excluding hydrogens is 204 g/mol. The van der Waals surface area contributed by atoms with Crippen LogP contribution in [0.4, 0.5) is 0 Å². The highest BCUT2D eigenvalue weighted by Gasteiger charge is 2.49. The number of hydrogen-bond donors (Lipinski definition) is 1. The third-order valence-corrected chi connectivity index (χ3v) is 3.96. The van der Waals surface area contributed by atoms with E-state index < -0.39 is 5.54 Å². The van der Waals surface area contributed by atoms with Crippen molar-refractivity contribution in [1.82, 2.24) is 10.2 Å². The maximum atomic E-state index is 12.3. The zero-order valence-corrected chi connectivity index (χ0v) is 10.1. The molecule has 0 aromatic carbocycles. The van der Waals surface area contributed by atoms with Gasteiger partial charge in [-0.2, -0.15) is 0 Å². The molecule has 1 saturated heterocycles. The van der Waals surface area contributed by atoms with E-state index in [9.17, 15) is 9.59 Å². The second-order valence-corrected chi connectivity index (χ2v) is 4.97. The van der Waals surface area contributed by atoms with Gasteiger partial charge in [-0.3, -0.25) is 9.59 Å². The summed E-state index contributed by atoms with van der Waals surface area (Å²) in [5.41, 5.74) is -0.574. The van der Waals surface area contributed by atoms with E-state index in [0.29, 0.717) is 6.42 Å². The first-order valence-electron chi connectivity index (χ1n) is 6.20. The monoisotopic (exact) mass is 224 g/mol. The lowest BCUT2D eigenvalue weighted by atomic mass is 9.78. The molecule has 1 saturated carbocycles. The fourth-order valence-electron chi connectivity index (χ4n) is 2.98. The van der Waals surface area contributed by atoms with Crippen molar-refractivity contribution in [2.75, 3.05) is 7.05 Å². The molecule has 16 heavy (non-hydrogen) atoms. The van der Waals surface area contributed by atoms with E-state index in [1.54, 1.807) is 11.9 Å². The fourth-order valence-corrected chi connectivity index (χ4v) is 2.98. The van der Waals surface area contributed by atoms with Gasteiger partial charge in [0.2, 0.25) is 11.8 Å². The summed E-state index contributed by atoms with van der Waals surface area (Å²) < 4.78 is 0. The van der Waals surface area contributed by atoms with Gasteiger partial charge in [-0.25, -0.2) is 0 Å². The topological polar surface area (TPSA) is 49.4 Å². The number of rotatable bonds is 1. The van der Waals surface area contributed by atoms with Crippen LogP contribution in [-0.4, -0.2) is 35.3 Å². The van der Waals surface area contributed by atoms with Crippen LogP contribution in [0.3, 0.4) is 0 Å². The minimum absolute atomic E-state index is 0.0199. The average Bonchev–Trinajstić information content (AvgIpc) is 2.28. The molecule has 90 valence electrons. The zero-order valence-electron chi connectivity index (χ0n) is 10.1. The number of amides is 2. The highest BCUT2D eigenvalue weighted by atomic mass is 16.2. The second-order valence-electron chi connectivity index (χ2n) is 4.97. The molecule has 1 atom stereocenters. The van der Waals surface area contributed by atoms with Crippen LogP contribution in [0.5, 0.6) is 0 Å². The van der Waals surface area contributed by atoms with E-state index in [1.807, 2.05) is 6.92 Å². The van der Waals surface area contributed by atoms with E-state index in [2.05, 4.69) is 5.32 Å². The molecule has 2 amide bonds. The Balaban J connectivity index is 2.23. The number of piperazine rings is 1. The van der Waals surface area contributed by atoms with Crippen LogP contribution in [0.1, 0.15) is 45.4 Å². The average molecular weight is 224 g/mol. The van der Waals surface area contributed by atoms with Crippen LogP contribution in [0.25, 0.3) is 0 Å². The standard InChI is InChI=1S/C12H20N2O2/c1-3-9-10(15)13-12(11(16)14(9)2)7-5-4-6-8-12/h9H,3-8H2,1-2H3,(H,13,15). The Morgan fingerprint density at radius 3 is 2.50 bits per heavy atom. The molecule has 1 aliphatic heterocycles. The summed E-state index contributed by atoms with van der Waals surface area (Å²) in [5, 5.41) is 2.98. The Hall–Kier alpha value is -1.06. The number of likely N-dealkylation sites (N-methyl/N-ethyl adjacent to an activating group) is 1. The molecule has 0 bridgehead atoms. The lowest BCUT2D eigenvalue weighted by Crippen LogP contribution is -2.69. The van der Waals surface area contributed by atoms with Crippen LogP contribution in [0, 0.1) is 0 Å². The van der Waals surface area contributed by atoms with E-state index in [4.69, 9.17) is 0 Å². The summed E-state index contributed by atoms with van der Waals surface area (Å²) in [6.07, 6.45) is 5.54. The third-order valence-electron chi connectivity index (χ3n) is 3.96. The van der Waals surface area contributed by atoms with E-state index in [0.717, 1.165) is 25.7 Å². The Kier molecular flexibility index (Phi) is 2.91. The van der Waals surface area contributed by atoms with Crippen molar-refractivity contribution in [3.8, 4) is 0 Å². The maximum Gasteiger partial charge on any atom is 0.248 e. The van der Waals surface area contributed by atoms with Crippen LogP contribution in [-0.2, 0) is 9.59 Å². The molecule has 4 nitrogen and oxygen atoms in total.